The van der Waals surface area contributed by atoms with Gasteiger partial charge in [0, 0.05) is 5.69 Å². The molecule has 0 unspecified atom stereocenters. The highest BCUT2D eigenvalue weighted by Crippen LogP contribution is 2.10. The van der Waals surface area contributed by atoms with Gasteiger partial charge in [0.25, 0.3) is 0 Å². The van der Waals surface area contributed by atoms with Crippen LogP contribution in [0.25, 0.3) is 0 Å². The summed E-state index contributed by atoms with van der Waals surface area (Å²) < 4.78 is 0. The molecule has 0 saturated heterocycles. The number of nitrogens with zero attached hydrogens (tertiary/aromatic N) is 1. The topological polar surface area (TPSA) is 50.4 Å². The van der Waals surface area contributed by atoms with Gasteiger partial charge in [0.05, 0.1) is 11.4 Å². The normalized spacial score (nSPS) is 11.3. The van der Waals surface area contributed by atoms with Gasteiger partial charge in [0.1, 0.15) is 0 Å². The van der Waals surface area contributed by atoms with Crippen molar-refractivity contribution in [3.63, 3.8) is 0 Å². The average Bonchev–Trinajstić information content (AvgIpc) is 2.38. The molecule has 2 rings (SSSR count). The number of nitrogens with one attached hydrogen (secondary N) is 1. The first-order valence-electron chi connectivity index (χ1n) is 5.88. The van der Waals surface area contributed by atoms with Crippen molar-refractivity contribution in [3.8, 4) is 0 Å². The van der Waals surface area contributed by atoms with E-state index in [0.717, 1.165) is 22.6 Å². The highest BCUT2D eigenvalue weighted by molar-refractivity contribution is 5.99. The van der Waals surface area contributed by atoms with Gasteiger partial charge in [-0.1, -0.05) is 29.8 Å². The van der Waals surface area contributed by atoms with Crippen molar-refractivity contribution in [1.82, 2.24) is 0 Å². The molecule has 0 aliphatic rings. The van der Waals surface area contributed by atoms with Crippen LogP contribution in [0.4, 0.5) is 11.4 Å². The second-order valence-electron chi connectivity index (χ2n) is 4.30. The van der Waals surface area contributed by atoms with Crippen LogP contribution in [-0.4, -0.2) is 5.71 Å². The molecule has 0 radical (unpaired) electrons. The van der Waals surface area contributed by atoms with Crippen molar-refractivity contribution in [2.75, 3.05) is 11.2 Å². The van der Waals surface area contributed by atoms with Gasteiger partial charge in [-0.25, -0.2) is 0 Å². The minimum absolute atomic E-state index is 0.762. The summed E-state index contributed by atoms with van der Waals surface area (Å²) in [5.41, 5.74) is 13.7. The van der Waals surface area contributed by atoms with E-state index in [1.807, 2.05) is 43.3 Å². The number of hydrazone groups is 1. The van der Waals surface area contributed by atoms with Crippen LogP contribution in [0.5, 0.6) is 0 Å². The second kappa shape index (κ2) is 5.36. The van der Waals surface area contributed by atoms with E-state index in [2.05, 4.69) is 29.6 Å². The Morgan fingerprint density at radius 1 is 1.00 bits per heavy atom. The van der Waals surface area contributed by atoms with E-state index in [9.17, 15) is 0 Å². The van der Waals surface area contributed by atoms with Crippen molar-refractivity contribution in [1.29, 1.82) is 0 Å². The molecule has 0 saturated carbocycles. The third-order valence-electron chi connectivity index (χ3n) is 2.73. The minimum atomic E-state index is 0.762. The fraction of sp³-hybridized carbons (Fsp3) is 0.133. The Bertz CT molecular complexity index is 539. The monoisotopic (exact) mass is 239 g/mol. The molecule has 0 aliphatic heterocycles. The second-order valence-corrected chi connectivity index (χ2v) is 4.30. The first-order chi connectivity index (χ1) is 8.65. The Kier molecular flexibility index (Phi) is 3.63. The largest absolute Gasteiger partial charge is 0.399 e. The number of nitrogens with two attached hydrogens (primary N) is 1. The fourth-order valence-electron chi connectivity index (χ4n) is 1.57. The minimum Gasteiger partial charge on any atom is -0.399 e. The number of anilines is 2. The standard InChI is InChI=1S/C15H17N3/c1-11-3-9-15(10-4-11)18-17-12(2)13-5-7-14(16)8-6-13/h3-10,18H,16H2,1-2H3/b17-12+. The number of aryl methyl sites for hydroxylation is 1. The molecule has 3 nitrogen and oxygen atoms in total. The maximum Gasteiger partial charge on any atom is 0.0648 e. The first kappa shape index (κ1) is 12.2. The van der Waals surface area contributed by atoms with E-state index in [1.54, 1.807) is 0 Å². The van der Waals surface area contributed by atoms with Crippen LogP contribution in [-0.2, 0) is 0 Å². The fourth-order valence-corrected chi connectivity index (χ4v) is 1.57. The van der Waals surface area contributed by atoms with E-state index in [4.69, 9.17) is 5.73 Å². The van der Waals surface area contributed by atoms with Crippen LogP contribution in [0.2, 0.25) is 0 Å². The summed E-state index contributed by atoms with van der Waals surface area (Å²) in [6.07, 6.45) is 0. The molecule has 3 heteroatoms. The zero-order valence-electron chi connectivity index (χ0n) is 10.6. The molecule has 0 aromatic heterocycles. The van der Waals surface area contributed by atoms with Gasteiger partial charge in [-0.15, -0.1) is 0 Å². The molecular formula is C15H17N3. The Hall–Kier alpha value is -2.29. The zero-order valence-corrected chi connectivity index (χ0v) is 10.6. The van der Waals surface area contributed by atoms with Gasteiger partial charge >= 0.3 is 0 Å². The van der Waals surface area contributed by atoms with Gasteiger partial charge in [0.15, 0.2) is 0 Å². The van der Waals surface area contributed by atoms with Crippen LogP contribution >= 0.6 is 0 Å². The van der Waals surface area contributed by atoms with E-state index in [0.29, 0.717) is 0 Å². The molecule has 92 valence electrons. The third-order valence-corrected chi connectivity index (χ3v) is 2.73. The number of hydrogen-bond donors (Lipinski definition) is 2. The lowest BCUT2D eigenvalue weighted by molar-refractivity contribution is 1.31. The Balaban J connectivity index is 2.09. The molecule has 3 N–H and O–H groups in total. The molecule has 0 spiro atoms. The summed E-state index contributed by atoms with van der Waals surface area (Å²) in [6.45, 7) is 4.03. The lowest BCUT2D eigenvalue weighted by Gasteiger charge is -2.04. The van der Waals surface area contributed by atoms with Gasteiger partial charge in [-0.05, 0) is 43.7 Å². The Morgan fingerprint density at radius 3 is 2.22 bits per heavy atom. The smallest absolute Gasteiger partial charge is 0.0648 e. The predicted molar refractivity (Wildman–Crippen MR) is 77.9 cm³/mol. The molecule has 0 atom stereocenters. The molecule has 2 aromatic rings. The van der Waals surface area contributed by atoms with Gasteiger partial charge in [0.2, 0.25) is 0 Å². The van der Waals surface area contributed by atoms with Gasteiger partial charge in [-0.2, -0.15) is 5.10 Å². The van der Waals surface area contributed by atoms with Crippen LogP contribution in [0.1, 0.15) is 18.1 Å². The quantitative estimate of drug-likeness (QED) is 0.490. The van der Waals surface area contributed by atoms with Crippen molar-refractivity contribution < 1.29 is 0 Å². The predicted octanol–water partition coefficient (Wildman–Crippen LogP) is 3.41. The summed E-state index contributed by atoms with van der Waals surface area (Å²) in [7, 11) is 0. The maximum atomic E-state index is 5.65. The van der Waals surface area contributed by atoms with Gasteiger partial charge < -0.3 is 5.73 Å². The van der Waals surface area contributed by atoms with Crippen LogP contribution in [0, 0.1) is 6.92 Å². The summed E-state index contributed by atoms with van der Waals surface area (Å²) in [5.74, 6) is 0. The molecule has 0 aliphatic carbocycles. The van der Waals surface area contributed by atoms with E-state index < -0.39 is 0 Å². The van der Waals surface area contributed by atoms with Crippen molar-refractivity contribution >= 4 is 17.1 Å². The van der Waals surface area contributed by atoms with Crippen LogP contribution in [0.15, 0.2) is 53.6 Å². The summed E-state index contributed by atoms with van der Waals surface area (Å²) in [4.78, 5) is 0. The maximum absolute atomic E-state index is 5.65. The molecule has 0 fully saturated rings. The lowest BCUT2D eigenvalue weighted by atomic mass is 10.1. The SMILES string of the molecule is C/C(=N\Nc1ccc(C)cc1)c1ccc(N)cc1. The Morgan fingerprint density at radius 2 is 1.61 bits per heavy atom. The van der Waals surface area contributed by atoms with Crippen molar-refractivity contribution in [2.24, 2.45) is 5.10 Å². The Labute approximate surface area is 107 Å². The number of hydrogen-bond acceptors (Lipinski definition) is 3. The molecule has 0 bridgehead atoms. The first-order valence-corrected chi connectivity index (χ1v) is 5.88. The molecule has 0 heterocycles. The van der Waals surface area contributed by atoms with E-state index in [-0.39, 0.29) is 0 Å². The molecule has 2 aromatic carbocycles. The summed E-state index contributed by atoms with van der Waals surface area (Å²) in [6, 6.07) is 15.8. The zero-order chi connectivity index (χ0) is 13.0. The van der Waals surface area contributed by atoms with E-state index in [1.165, 1.54) is 5.56 Å². The van der Waals surface area contributed by atoms with Crippen molar-refractivity contribution in [3.05, 3.63) is 59.7 Å². The van der Waals surface area contributed by atoms with Crippen LogP contribution < -0.4 is 11.2 Å². The number of rotatable bonds is 3. The van der Waals surface area contributed by atoms with Crippen LogP contribution in [0.3, 0.4) is 0 Å². The highest BCUT2D eigenvalue weighted by Gasteiger charge is 1.97. The molecule has 18 heavy (non-hydrogen) atoms. The number of benzene rings is 2. The van der Waals surface area contributed by atoms with E-state index >= 15 is 0 Å². The summed E-state index contributed by atoms with van der Waals surface area (Å²) >= 11 is 0. The van der Waals surface area contributed by atoms with Gasteiger partial charge in [-0.3, -0.25) is 5.43 Å². The average molecular weight is 239 g/mol. The lowest BCUT2D eigenvalue weighted by Crippen LogP contribution is -2.00. The molecular weight excluding hydrogens is 222 g/mol. The number of nitrogen functional groups attached to an aromatic ring is 1. The third kappa shape index (κ3) is 3.10. The van der Waals surface area contributed by atoms with Crippen molar-refractivity contribution in [2.45, 2.75) is 13.8 Å². The molecule has 0 amide bonds. The highest BCUT2D eigenvalue weighted by atomic mass is 15.3. The summed E-state index contributed by atoms with van der Waals surface area (Å²) in [5, 5.41) is 4.35.